The molecule has 1 aliphatic heterocycles. The minimum atomic E-state index is -7.02. The monoisotopic (exact) mass is 594 g/mol. The van der Waals surface area contributed by atoms with Crippen molar-refractivity contribution in [2.45, 2.75) is 60.3 Å². The first-order valence-electron chi connectivity index (χ1n) is 10.2. The zero-order valence-electron chi connectivity index (χ0n) is 19.7. The van der Waals surface area contributed by atoms with Gasteiger partial charge in [-0.25, -0.2) is 12.8 Å². The van der Waals surface area contributed by atoms with Crippen LogP contribution in [0.3, 0.4) is 0 Å². The first kappa shape index (κ1) is 29.6. The van der Waals surface area contributed by atoms with Crippen LogP contribution >= 0.6 is 0 Å². The van der Waals surface area contributed by atoms with E-state index in [4.69, 9.17) is 0 Å². The standard InChI is InChI=1S/C21H18F8N2O5S2/c1-9-12(22)8-11(18(2,3)4)16(32)15(9)17-30-13-6-5-10(7-14(13)38(35,36)31-17)37(33,34)21(28,29)19(23,24)20(25,26)27/h5-8,32H,1-4H3,(H,30,31). The molecule has 1 heterocycles. The van der Waals surface area contributed by atoms with Crippen LogP contribution in [0.5, 0.6) is 5.75 Å². The number of phenolic OH excluding ortho intramolecular Hbond substituents is 1. The van der Waals surface area contributed by atoms with E-state index in [2.05, 4.69) is 9.71 Å². The summed E-state index contributed by atoms with van der Waals surface area (Å²) in [4.78, 5) is -3.04. The second-order valence-corrected chi connectivity index (χ2v) is 12.9. The van der Waals surface area contributed by atoms with Crippen molar-refractivity contribution in [1.29, 1.82) is 0 Å². The number of benzene rings is 2. The molecule has 0 aromatic heterocycles. The molecule has 7 nitrogen and oxygen atoms in total. The van der Waals surface area contributed by atoms with Gasteiger partial charge in [-0.2, -0.15) is 39.2 Å². The van der Waals surface area contributed by atoms with E-state index in [0.717, 1.165) is 6.07 Å². The van der Waals surface area contributed by atoms with Gasteiger partial charge in [-0.3, -0.25) is 0 Å². The number of sulfone groups is 1. The van der Waals surface area contributed by atoms with Crippen molar-refractivity contribution >= 4 is 31.4 Å². The Morgan fingerprint density at radius 2 is 1.53 bits per heavy atom. The summed E-state index contributed by atoms with van der Waals surface area (Å²) in [5.41, 5.74) is -2.02. The third-order valence-electron chi connectivity index (χ3n) is 5.61. The number of aromatic hydroxyl groups is 1. The number of halogens is 8. The smallest absolute Gasteiger partial charge is 0.461 e. The molecule has 0 radical (unpaired) electrons. The Morgan fingerprint density at radius 1 is 0.974 bits per heavy atom. The lowest BCUT2D eigenvalue weighted by atomic mass is 9.83. The summed E-state index contributed by atoms with van der Waals surface area (Å²) in [6.07, 6.45) is -6.96. The highest BCUT2D eigenvalue weighted by Crippen LogP contribution is 2.51. The van der Waals surface area contributed by atoms with Gasteiger partial charge in [-0.15, -0.1) is 4.40 Å². The molecule has 0 amide bonds. The summed E-state index contributed by atoms with van der Waals surface area (Å²) in [6, 6.07) is 1.64. The molecule has 0 fully saturated rings. The van der Waals surface area contributed by atoms with E-state index in [1.807, 2.05) is 0 Å². The van der Waals surface area contributed by atoms with E-state index in [1.165, 1.54) is 6.92 Å². The van der Waals surface area contributed by atoms with Gasteiger partial charge in [0, 0.05) is 5.56 Å². The van der Waals surface area contributed by atoms with E-state index >= 15 is 0 Å². The van der Waals surface area contributed by atoms with Crippen LogP contribution in [0.4, 0.5) is 40.8 Å². The molecule has 0 saturated heterocycles. The fourth-order valence-corrected chi connectivity index (χ4v) is 5.99. The lowest BCUT2D eigenvalue weighted by Gasteiger charge is -2.28. The second kappa shape index (κ2) is 8.53. The summed E-state index contributed by atoms with van der Waals surface area (Å²) in [5.74, 6) is -9.09. The molecule has 38 heavy (non-hydrogen) atoms. The highest BCUT2D eigenvalue weighted by atomic mass is 32.2. The van der Waals surface area contributed by atoms with Crippen molar-refractivity contribution in [3.8, 4) is 5.75 Å². The van der Waals surface area contributed by atoms with Crippen LogP contribution in [-0.4, -0.2) is 45.1 Å². The molecule has 2 aromatic carbocycles. The average molecular weight is 595 g/mol. The SMILES string of the molecule is Cc1c(F)cc(C(C)(C)C)c(O)c1C1=NS(=O)(=O)c2cc(S(=O)(=O)C(F)(F)C(F)(F)C(F)(F)F)ccc2N1. The Kier molecular flexibility index (Phi) is 6.64. The summed E-state index contributed by atoms with van der Waals surface area (Å²) in [7, 11) is -11.9. The van der Waals surface area contributed by atoms with Gasteiger partial charge in [0.2, 0.25) is 9.84 Å². The fraction of sp³-hybridized carbons (Fsp3) is 0.381. The highest BCUT2D eigenvalue weighted by molar-refractivity contribution is 7.92. The van der Waals surface area contributed by atoms with E-state index in [9.17, 15) is 57.1 Å². The van der Waals surface area contributed by atoms with Crippen LogP contribution in [0.25, 0.3) is 0 Å². The Morgan fingerprint density at radius 3 is 2.03 bits per heavy atom. The van der Waals surface area contributed by atoms with Crippen LogP contribution in [0.1, 0.15) is 37.5 Å². The molecule has 2 aromatic rings. The number of nitrogens with zero attached hydrogens (tertiary/aromatic N) is 1. The Balaban J connectivity index is 2.20. The third-order valence-corrected chi connectivity index (χ3v) is 8.73. The molecule has 210 valence electrons. The van der Waals surface area contributed by atoms with E-state index in [0.29, 0.717) is 6.07 Å². The maximum Gasteiger partial charge on any atom is 0.461 e. The zero-order chi connectivity index (χ0) is 29.4. The van der Waals surface area contributed by atoms with Crippen molar-refractivity contribution in [2.24, 2.45) is 4.40 Å². The van der Waals surface area contributed by atoms with Crippen LogP contribution in [0.2, 0.25) is 0 Å². The molecule has 0 atom stereocenters. The predicted molar refractivity (Wildman–Crippen MR) is 118 cm³/mol. The number of alkyl halides is 7. The van der Waals surface area contributed by atoms with Gasteiger partial charge in [-0.1, -0.05) is 20.8 Å². The largest absolute Gasteiger partial charge is 0.507 e. The molecule has 0 aliphatic carbocycles. The predicted octanol–water partition coefficient (Wildman–Crippen LogP) is 5.26. The minimum Gasteiger partial charge on any atom is -0.507 e. The van der Waals surface area contributed by atoms with Gasteiger partial charge in [0.25, 0.3) is 10.0 Å². The minimum absolute atomic E-state index is 0.0533. The van der Waals surface area contributed by atoms with Crippen LogP contribution in [0.15, 0.2) is 38.5 Å². The average Bonchev–Trinajstić information content (AvgIpc) is 2.73. The number of rotatable bonds is 4. The maximum absolute atomic E-state index is 14.6. The lowest BCUT2D eigenvalue weighted by molar-refractivity contribution is -0.332. The Bertz CT molecular complexity index is 1580. The fourth-order valence-electron chi connectivity index (χ4n) is 3.49. The van der Waals surface area contributed by atoms with Crippen molar-refractivity contribution in [3.05, 3.63) is 46.8 Å². The molecule has 17 heteroatoms. The number of fused-ring (bicyclic) bond motifs is 1. The molecule has 2 N–H and O–H groups in total. The van der Waals surface area contributed by atoms with Crippen molar-refractivity contribution in [1.82, 2.24) is 0 Å². The van der Waals surface area contributed by atoms with E-state index < -0.39 is 81.1 Å². The molecular formula is C21H18F8N2O5S2. The van der Waals surface area contributed by atoms with Crippen molar-refractivity contribution in [3.63, 3.8) is 0 Å². The number of anilines is 1. The first-order valence-corrected chi connectivity index (χ1v) is 13.2. The molecular weight excluding hydrogens is 576 g/mol. The first-order chi connectivity index (χ1) is 16.9. The quantitative estimate of drug-likeness (QED) is 0.467. The molecule has 1 aliphatic rings. The summed E-state index contributed by atoms with van der Waals surface area (Å²) in [5, 5.41) is 6.43. The Labute approximate surface area is 211 Å². The number of sulfonamides is 1. The normalized spacial score (nSPS) is 16.5. The van der Waals surface area contributed by atoms with Gasteiger partial charge in [0.15, 0.2) is 5.84 Å². The molecule has 0 spiro atoms. The summed E-state index contributed by atoms with van der Waals surface area (Å²) in [6.45, 7) is 6.02. The number of amidine groups is 1. The van der Waals surface area contributed by atoms with Crippen molar-refractivity contribution in [2.75, 3.05) is 5.32 Å². The molecule has 0 saturated carbocycles. The van der Waals surface area contributed by atoms with Gasteiger partial charge in [-0.05, 0) is 42.2 Å². The maximum atomic E-state index is 14.6. The summed E-state index contributed by atoms with van der Waals surface area (Å²) >= 11 is 0. The molecule has 0 unspecified atom stereocenters. The summed E-state index contributed by atoms with van der Waals surface area (Å²) < 4.78 is 160. The number of phenols is 1. The van der Waals surface area contributed by atoms with Gasteiger partial charge >= 0.3 is 17.4 Å². The zero-order valence-corrected chi connectivity index (χ0v) is 21.3. The van der Waals surface area contributed by atoms with Crippen LogP contribution < -0.4 is 5.32 Å². The molecule has 3 rings (SSSR count). The highest BCUT2D eigenvalue weighted by Gasteiger charge is 2.78. The van der Waals surface area contributed by atoms with Crippen molar-refractivity contribution < 1.29 is 57.1 Å². The van der Waals surface area contributed by atoms with E-state index in [1.54, 1.807) is 20.8 Å². The van der Waals surface area contributed by atoms with E-state index in [-0.39, 0.29) is 23.3 Å². The van der Waals surface area contributed by atoms with Crippen LogP contribution in [-0.2, 0) is 25.3 Å². The van der Waals surface area contributed by atoms with Gasteiger partial charge in [0.05, 0.1) is 16.1 Å². The number of nitrogens with one attached hydrogen (secondary N) is 1. The van der Waals surface area contributed by atoms with Gasteiger partial charge in [0.1, 0.15) is 16.5 Å². The topological polar surface area (TPSA) is 113 Å². The second-order valence-electron chi connectivity index (χ2n) is 9.29. The third kappa shape index (κ3) is 4.38. The van der Waals surface area contributed by atoms with Gasteiger partial charge < -0.3 is 10.4 Å². The number of hydrogen-bond donors (Lipinski definition) is 2. The molecule has 0 bridgehead atoms. The number of hydrogen-bond acceptors (Lipinski definition) is 6. The Hall–Kier alpha value is -2.95. The lowest BCUT2D eigenvalue weighted by Crippen LogP contribution is -2.55. The van der Waals surface area contributed by atoms with Crippen LogP contribution in [0, 0.1) is 12.7 Å².